The average molecular weight is 279 g/mol. The topological polar surface area (TPSA) is 59.0 Å². The van der Waals surface area contributed by atoms with E-state index in [0.29, 0.717) is 13.1 Å². The van der Waals surface area contributed by atoms with Crippen LogP contribution in [0.2, 0.25) is 0 Å². The predicted molar refractivity (Wildman–Crippen MR) is 73.1 cm³/mol. The monoisotopic (exact) mass is 279 g/mol. The van der Waals surface area contributed by atoms with E-state index in [2.05, 4.69) is 5.29 Å². The standard InChI is InChI=1S/C14H14N3O2.Na/c18-15-17(19)16(11-13-7-3-1-4-8-13)12-14-9-5-2-6-10-14;/h1-10H,11-12H2;/q-1;+1. The maximum absolute atomic E-state index is 11.5. The van der Waals surface area contributed by atoms with Crippen molar-refractivity contribution < 1.29 is 29.6 Å². The smallest absolute Gasteiger partial charge is 0.724 e. The summed E-state index contributed by atoms with van der Waals surface area (Å²) in [7, 11) is 0. The molecule has 0 heterocycles. The molecule has 2 rings (SSSR count). The Labute approximate surface area is 140 Å². The second-order valence-corrected chi connectivity index (χ2v) is 4.13. The summed E-state index contributed by atoms with van der Waals surface area (Å²) in [6.07, 6.45) is 0. The summed E-state index contributed by atoms with van der Waals surface area (Å²) in [6.45, 7) is 0.677. The third-order valence-corrected chi connectivity index (χ3v) is 2.73. The van der Waals surface area contributed by atoms with Gasteiger partial charge in [-0.1, -0.05) is 60.7 Å². The van der Waals surface area contributed by atoms with E-state index in [-0.39, 0.29) is 34.8 Å². The molecule has 0 aliphatic rings. The molecule has 0 saturated heterocycles. The quantitative estimate of drug-likeness (QED) is 0.427. The maximum Gasteiger partial charge on any atom is 1.00 e. The Morgan fingerprint density at radius 2 is 1.25 bits per heavy atom. The minimum atomic E-state index is 0. The van der Waals surface area contributed by atoms with Gasteiger partial charge in [-0.15, -0.1) is 4.91 Å². The Hall–Kier alpha value is -1.24. The SMILES string of the molecule is O=NN([O-])N(Cc1ccccc1)Cc1ccccc1.[Na+]. The second-order valence-electron chi connectivity index (χ2n) is 4.13. The van der Waals surface area contributed by atoms with Gasteiger partial charge in [0, 0.05) is 13.1 Å². The van der Waals surface area contributed by atoms with E-state index in [1.54, 1.807) is 0 Å². The number of hydrazine groups is 1. The third kappa shape index (κ3) is 5.03. The van der Waals surface area contributed by atoms with Gasteiger partial charge in [0.2, 0.25) is 0 Å². The second kappa shape index (κ2) is 8.84. The summed E-state index contributed by atoms with van der Waals surface area (Å²) in [6, 6.07) is 19.0. The van der Waals surface area contributed by atoms with Gasteiger partial charge in [-0.05, 0) is 11.1 Å². The molecule has 0 aromatic heterocycles. The van der Waals surface area contributed by atoms with Crippen LogP contribution in [0.4, 0.5) is 0 Å². The Morgan fingerprint density at radius 3 is 1.60 bits per heavy atom. The van der Waals surface area contributed by atoms with Crippen LogP contribution in [0.3, 0.4) is 0 Å². The molecule has 5 nitrogen and oxygen atoms in total. The molecule has 0 unspecified atom stereocenters. The zero-order valence-electron chi connectivity index (χ0n) is 11.3. The number of nitrogens with zero attached hydrogens (tertiary/aromatic N) is 3. The molecule has 0 N–H and O–H groups in total. The third-order valence-electron chi connectivity index (χ3n) is 2.73. The van der Waals surface area contributed by atoms with Gasteiger partial charge in [0.05, 0.1) is 5.29 Å². The zero-order chi connectivity index (χ0) is 13.5. The van der Waals surface area contributed by atoms with Gasteiger partial charge < -0.3 is 5.21 Å². The summed E-state index contributed by atoms with van der Waals surface area (Å²) >= 11 is 0. The fraction of sp³-hybridized carbons (Fsp3) is 0.143. The van der Waals surface area contributed by atoms with E-state index < -0.39 is 0 Å². The van der Waals surface area contributed by atoms with E-state index >= 15 is 0 Å². The van der Waals surface area contributed by atoms with Crippen molar-refractivity contribution in [3.8, 4) is 0 Å². The molecule has 0 radical (unpaired) electrons. The van der Waals surface area contributed by atoms with Gasteiger partial charge in [0.15, 0.2) is 0 Å². The Morgan fingerprint density at radius 1 is 0.850 bits per heavy atom. The number of rotatable bonds is 6. The van der Waals surface area contributed by atoms with Crippen LogP contribution in [0.25, 0.3) is 0 Å². The van der Waals surface area contributed by atoms with Crippen molar-refractivity contribution in [1.29, 1.82) is 0 Å². The molecule has 0 aliphatic carbocycles. The molecule has 0 amide bonds. The first-order valence-electron chi connectivity index (χ1n) is 5.93. The van der Waals surface area contributed by atoms with Crippen molar-refractivity contribution in [2.24, 2.45) is 5.29 Å². The van der Waals surface area contributed by atoms with Crippen LogP contribution < -0.4 is 29.6 Å². The minimum Gasteiger partial charge on any atom is -0.724 e. The van der Waals surface area contributed by atoms with Crippen LogP contribution >= 0.6 is 0 Å². The molecule has 20 heavy (non-hydrogen) atoms. The van der Waals surface area contributed by atoms with E-state index in [9.17, 15) is 10.1 Å². The molecular formula is C14H14N3NaO2. The molecular weight excluding hydrogens is 265 g/mol. The summed E-state index contributed by atoms with van der Waals surface area (Å²) < 4.78 is 0. The van der Waals surface area contributed by atoms with Crippen LogP contribution in [0, 0.1) is 10.1 Å². The normalized spacial score (nSPS) is 9.90. The van der Waals surface area contributed by atoms with E-state index in [0.717, 1.165) is 11.1 Å². The van der Waals surface area contributed by atoms with Crippen LogP contribution in [-0.4, -0.2) is 10.3 Å². The number of nitroso groups, excluding NO2 is 1. The molecule has 2 aromatic carbocycles. The van der Waals surface area contributed by atoms with Gasteiger partial charge >= 0.3 is 29.6 Å². The summed E-state index contributed by atoms with van der Waals surface area (Å²) in [5.74, 6) is 0. The Balaban J connectivity index is 0.00000200. The molecule has 0 spiro atoms. The number of hydrogen-bond donors (Lipinski definition) is 0. The van der Waals surface area contributed by atoms with Crippen molar-refractivity contribution in [2.45, 2.75) is 13.1 Å². The predicted octanol–water partition coefficient (Wildman–Crippen LogP) is 0.0890. The minimum absolute atomic E-state index is 0. The van der Waals surface area contributed by atoms with Crippen molar-refractivity contribution in [3.63, 3.8) is 0 Å². The van der Waals surface area contributed by atoms with Crippen LogP contribution in [0.15, 0.2) is 65.9 Å². The van der Waals surface area contributed by atoms with Crippen LogP contribution in [-0.2, 0) is 13.1 Å². The summed E-state index contributed by atoms with van der Waals surface area (Å²) in [5.41, 5.74) is 1.89. The van der Waals surface area contributed by atoms with Gasteiger partial charge in [-0.25, -0.2) is 5.01 Å². The van der Waals surface area contributed by atoms with E-state index in [1.165, 1.54) is 5.01 Å². The molecule has 0 aliphatic heterocycles. The van der Waals surface area contributed by atoms with Crippen molar-refractivity contribution in [3.05, 3.63) is 81.9 Å². The maximum atomic E-state index is 11.5. The first-order valence-corrected chi connectivity index (χ1v) is 5.93. The zero-order valence-corrected chi connectivity index (χ0v) is 13.3. The van der Waals surface area contributed by atoms with E-state index in [4.69, 9.17) is 0 Å². The first kappa shape index (κ1) is 16.8. The molecule has 98 valence electrons. The Bertz CT molecular complexity index is 469. The number of benzene rings is 2. The first-order chi connectivity index (χ1) is 9.29. The van der Waals surface area contributed by atoms with Crippen LogP contribution in [0.1, 0.15) is 11.1 Å². The molecule has 6 heteroatoms. The average Bonchev–Trinajstić information content (AvgIpc) is 2.48. The Kier molecular flexibility index (Phi) is 7.43. The molecule has 0 atom stereocenters. The van der Waals surface area contributed by atoms with Crippen molar-refractivity contribution >= 4 is 0 Å². The summed E-state index contributed by atoms with van der Waals surface area (Å²) in [4.78, 5) is 10.4. The van der Waals surface area contributed by atoms with Crippen LogP contribution in [0.5, 0.6) is 0 Å². The fourth-order valence-electron chi connectivity index (χ4n) is 1.82. The molecule has 0 saturated carbocycles. The van der Waals surface area contributed by atoms with E-state index in [1.807, 2.05) is 60.7 Å². The molecule has 2 aromatic rings. The van der Waals surface area contributed by atoms with Gasteiger partial charge in [-0.3, -0.25) is 5.28 Å². The van der Waals surface area contributed by atoms with Gasteiger partial charge in [-0.2, -0.15) is 0 Å². The number of hydrogen-bond acceptors (Lipinski definition) is 4. The van der Waals surface area contributed by atoms with Crippen molar-refractivity contribution in [2.75, 3.05) is 0 Å². The van der Waals surface area contributed by atoms with Gasteiger partial charge in [0.25, 0.3) is 0 Å². The van der Waals surface area contributed by atoms with Crippen molar-refractivity contribution in [1.82, 2.24) is 10.3 Å². The van der Waals surface area contributed by atoms with Gasteiger partial charge in [0.1, 0.15) is 0 Å². The summed E-state index contributed by atoms with van der Waals surface area (Å²) in [5, 5.41) is 15.4. The molecule has 0 bridgehead atoms. The molecule has 0 fully saturated rings. The largest absolute Gasteiger partial charge is 1.00 e. The fourth-order valence-corrected chi connectivity index (χ4v) is 1.82.